The molecule has 1 atom stereocenters. The molecule has 1 N–H and O–H groups in total. The van der Waals surface area contributed by atoms with Gasteiger partial charge in [0.05, 0.1) is 15.8 Å². The van der Waals surface area contributed by atoms with Gasteiger partial charge < -0.3 is 10.2 Å². The van der Waals surface area contributed by atoms with Crippen molar-refractivity contribution in [3.05, 3.63) is 104 Å². The average molecular weight is 622 g/mol. The van der Waals surface area contributed by atoms with Crippen LogP contribution in [-0.4, -0.2) is 35.1 Å². The third kappa shape index (κ3) is 9.68. The zero-order valence-corrected chi connectivity index (χ0v) is 24.8. The molecule has 0 bridgehead atoms. The molecule has 196 valence electrons. The Hall–Kier alpha value is -1.99. The fourth-order valence-corrected chi connectivity index (χ4v) is 5.40. The monoisotopic (exact) mass is 620 g/mol. The number of hydrogen-bond donors (Lipinski definition) is 1. The molecular formula is C29H31BrCl2N2O2S. The molecule has 0 fully saturated rings. The summed E-state index contributed by atoms with van der Waals surface area (Å²) >= 11 is 17.2. The first kappa shape index (κ1) is 29.6. The lowest BCUT2D eigenvalue weighted by atomic mass is 10.0. The number of thioether (sulfide) groups is 1. The Morgan fingerprint density at radius 1 is 0.919 bits per heavy atom. The first-order valence-corrected chi connectivity index (χ1v) is 14.8. The molecule has 0 radical (unpaired) electrons. The molecule has 4 nitrogen and oxygen atoms in total. The number of amides is 2. The highest BCUT2D eigenvalue weighted by Crippen LogP contribution is 2.25. The van der Waals surface area contributed by atoms with Crippen LogP contribution in [0.15, 0.2) is 77.3 Å². The maximum absolute atomic E-state index is 13.7. The zero-order valence-electron chi connectivity index (χ0n) is 20.9. The molecular weight excluding hydrogens is 591 g/mol. The van der Waals surface area contributed by atoms with Gasteiger partial charge in [0.25, 0.3) is 0 Å². The number of halogens is 3. The molecule has 37 heavy (non-hydrogen) atoms. The lowest BCUT2D eigenvalue weighted by Crippen LogP contribution is -2.51. The van der Waals surface area contributed by atoms with E-state index in [1.165, 1.54) is 11.8 Å². The van der Waals surface area contributed by atoms with E-state index < -0.39 is 6.04 Å². The van der Waals surface area contributed by atoms with Crippen molar-refractivity contribution in [3.8, 4) is 0 Å². The molecule has 2 amide bonds. The topological polar surface area (TPSA) is 49.4 Å². The van der Waals surface area contributed by atoms with Crippen LogP contribution in [-0.2, 0) is 28.3 Å². The van der Waals surface area contributed by atoms with E-state index >= 15 is 0 Å². The van der Waals surface area contributed by atoms with E-state index in [0.717, 1.165) is 21.2 Å². The van der Waals surface area contributed by atoms with E-state index in [4.69, 9.17) is 23.2 Å². The van der Waals surface area contributed by atoms with Crippen molar-refractivity contribution in [2.45, 2.75) is 38.6 Å². The number of hydrogen-bond acceptors (Lipinski definition) is 3. The molecule has 0 aliphatic heterocycles. The number of carbonyl (C=O) groups excluding carboxylic acids is 2. The number of benzene rings is 3. The van der Waals surface area contributed by atoms with Gasteiger partial charge in [-0.25, -0.2) is 0 Å². The molecule has 0 aliphatic rings. The van der Waals surface area contributed by atoms with Crippen LogP contribution in [0.1, 0.15) is 30.5 Å². The Balaban J connectivity index is 1.84. The van der Waals surface area contributed by atoms with Crippen LogP contribution in [0.2, 0.25) is 10.0 Å². The van der Waals surface area contributed by atoms with E-state index in [9.17, 15) is 9.59 Å². The summed E-state index contributed by atoms with van der Waals surface area (Å²) in [5.74, 6) is 0.908. The molecule has 3 aromatic rings. The second kappa shape index (κ2) is 14.8. The Labute approximate surface area is 242 Å². The smallest absolute Gasteiger partial charge is 0.243 e. The van der Waals surface area contributed by atoms with Gasteiger partial charge in [-0.05, 0) is 46.9 Å². The van der Waals surface area contributed by atoms with E-state index in [0.29, 0.717) is 41.2 Å². The molecule has 8 heteroatoms. The highest BCUT2D eigenvalue weighted by atomic mass is 79.9. The Kier molecular flexibility index (Phi) is 11.8. The fraction of sp³-hybridized carbons (Fsp3) is 0.310. The first-order chi connectivity index (χ1) is 17.7. The summed E-state index contributed by atoms with van der Waals surface area (Å²) in [6.07, 6.45) is 0.433. The lowest BCUT2D eigenvalue weighted by molar-refractivity contribution is -0.139. The summed E-state index contributed by atoms with van der Waals surface area (Å²) in [7, 11) is 0. The maximum atomic E-state index is 13.7. The maximum Gasteiger partial charge on any atom is 0.243 e. The van der Waals surface area contributed by atoms with E-state index in [1.807, 2.05) is 66.7 Å². The molecule has 0 aromatic heterocycles. The summed E-state index contributed by atoms with van der Waals surface area (Å²) in [5, 5.41) is 4.05. The molecule has 0 spiro atoms. The van der Waals surface area contributed by atoms with Gasteiger partial charge in [0.2, 0.25) is 11.8 Å². The van der Waals surface area contributed by atoms with E-state index in [1.54, 1.807) is 11.0 Å². The average Bonchev–Trinajstić information content (AvgIpc) is 2.87. The lowest BCUT2D eigenvalue weighted by Gasteiger charge is -2.32. The predicted molar refractivity (Wildman–Crippen MR) is 159 cm³/mol. The number of rotatable bonds is 12. The zero-order chi connectivity index (χ0) is 26.8. The van der Waals surface area contributed by atoms with Crippen LogP contribution in [0.5, 0.6) is 0 Å². The second-order valence-corrected chi connectivity index (χ2v) is 12.0. The van der Waals surface area contributed by atoms with Crippen molar-refractivity contribution in [1.29, 1.82) is 0 Å². The van der Waals surface area contributed by atoms with E-state index in [2.05, 4.69) is 35.1 Å². The quantitative estimate of drug-likeness (QED) is 0.229. The van der Waals surface area contributed by atoms with Crippen molar-refractivity contribution in [2.24, 2.45) is 5.92 Å². The van der Waals surface area contributed by atoms with Crippen molar-refractivity contribution >= 4 is 62.7 Å². The van der Waals surface area contributed by atoms with Gasteiger partial charge in [-0.3, -0.25) is 9.59 Å². The minimum Gasteiger partial charge on any atom is -0.354 e. The van der Waals surface area contributed by atoms with Gasteiger partial charge in [0.15, 0.2) is 0 Å². The van der Waals surface area contributed by atoms with Crippen LogP contribution in [0.3, 0.4) is 0 Å². The molecule has 0 saturated heterocycles. The molecule has 0 unspecified atom stereocenters. The van der Waals surface area contributed by atoms with Crippen LogP contribution >= 0.6 is 50.9 Å². The number of carbonyl (C=O) groups is 2. The minimum atomic E-state index is -0.641. The minimum absolute atomic E-state index is 0.0920. The Morgan fingerprint density at radius 2 is 1.65 bits per heavy atom. The highest BCUT2D eigenvalue weighted by molar-refractivity contribution is 9.10. The van der Waals surface area contributed by atoms with Crippen LogP contribution in [0, 0.1) is 5.92 Å². The van der Waals surface area contributed by atoms with Gasteiger partial charge >= 0.3 is 0 Å². The van der Waals surface area contributed by atoms with Crippen molar-refractivity contribution < 1.29 is 9.59 Å². The number of nitrogens with zero attached hydrogens (tertiary/aromatic N) is 1. The van der Waals surface area contributed by atoms with Gasteiger partial charge in [-0.2, -0.15) is 0 Å². The van der Waals surface area contributed by atoms with Gasteiger partial charge in [-0.15, -0.1) is 11.8 Å². The SMILES string of the molecule is CC(C)CNC(=O)[C@H](Cc1ccccc1)N(Cc1cccc(Br)c1)C(=O)CSCc1ccc(Cl)c(Cl)c1. The van der Waals surface area contributed by atoms with Gasteiger partial charge in [0, 0.05) is 29.7 Å². The standard InChI is InChI=1S/C29H31BrCl2N2O2S/c1-20(2)16-33-29(36)27(15-21-7-4-3-5-8-21)34(17-22-9-6-10-24(30)13-22)28(35)19-37-18-23-11-12-25(31)26(32)14-23/h3-14,20,27H,15-19H2,1-2H3,(H,33,36)/t27-/m0/s1. The molecule has 0 aliphatic carbocycles. The Bertz CT molecular complexity index is 1190. The van der Waals surface area contributed by atoms with Crippen LogP contribution in [0.4, 0.5) is 0 Å². The van der Waals surface area contributed by atoms with Crippen molar-refractivity contribution in [1.82, 2.24) is 10.2 Å². The molecule has 0 saturated carbocycles. The summed E-state index contributed by atoms with van der Waals surface area (Å²) < 4.78 is 0.926. The largest absolute Gasteiger partial charge is 0.354 e. The fourth-order valence-electron chi connectivity index (χ4n) is 3.78. The summed E-state index contributed by atoms with van der Waals surface area (Å²) in [6, 6.07) is 22.5. The first-order valence-electron chi connectivity index (χ1n) is 12.1. The number of nitrogens with one attached hydrogen (secondary N) is 1. The third-order valence-electron chi connectivity index (χ3n) is 5.68. The predicted octanol–water partition coefficient (Wildman–Crippen LogP) is 7.40. The van der Waals surface area contributed by atoms with Gasteiger partial charge in [-0.1, -0.05) is 102 Å². The molecule has 0 heterocycles. The third-order valence-corrected chi connectivity index (χ3v) is 7.90. The van der Waals surface area contributed by atoms with Gasteiger partial charge in [0.1, 0.15) is 6.04 Å². The van der Waals surface area contributed by atoms with E-state index in [-0.39, 0.29) is 17.6 Å². The normalized spacial score (nSPS) is 11.8. The molecule has 3 rings (SSSR count). The summed E-state index contributed by atoms with van der Waals surface area (Å²) in [6.45, 7) is 4.99. The summed E-state index contributed by atoms with van der Waals surface area (Å²) in [4.78, 5) is 28.9. The summed E-state index contributed by atoms with van der Waals surface area (Å²) in [5.41, 5.74) is 2.94. The van der Waals surface area contributed by atoms with Crippen molar-refractivity contribution in [3.63, 3.8) is 0 Å². The highest BCUT2D eigenvalue weighted by Gasteiger charge is 2.30. The van der Waals surface area contributed by atoms with Crippen LogP contribution in [0.25, 0.3) is 0 Å². The van der Waals surface area contributed by atoms with Crippen LogP contribution < -0.4 is 5.32 Å². The molecule has 3 aromatic carbocycles. The Morgan fingerprint density at radius 3 is 2.32 bits per heavy atom. The van der Waals surface area contributed by atoms with Crippen molar-refractivity contribution in [2.75, 3.05) is 12.3 Å². The second-order valence-electron chi connectivity index (χ2n) is 9.24.